The van der Waals surface area contributed by atoms with Crippen LogP contribution in [0.25, 0.3) is 0 Å². The highest BCUT2D eigenvalue weighted by Gasteiger charge is 2.49. The Kier molecular flexibility index (Phi) is 2.95. The molecule has 0 saturated carbocycles. The molecular weight excluding hydrogens is 172 g/mol. The average Bonchev–Trinajstić information content (AvgIpc) is 2.25. The van der Waals surface area contributed by atoms with E-state index >= 15 is 0 Å². The fraction of sp³-hybridized carbons (Fsp3) is 1.00. The lowest BCUT2D eigenvalue weighted by Gasteiger charge is -2.20. The maximum Gasteiger partial charge on any atom is 0.264 e. The summed E-state index contributed by atoms with van der Waals surface area (Å²) < 4.78 is 26.9. The number of nitrogens with zero attached hydrogens (tertiary/aromatic N) is 1. The molecule has 1 atom stereocenters. The quantitative estimate of drug-likeness (QED) is 0.648. The van der Waals surface area contributed by atoms with Gasteiger partial charge in [-0.05, 0) is 19.8 Å². The smallest absolute Gasteiger partial charge is 0.264 e. The van der Waals surface area contributed by atoms with E-state index in [1.807, 2.05) is 32.6 Å². The van der Waals surface area contributed by atoms with Crippen molar-refractivity contribution in [2.24, 2.45) is 11.8 Å². The predicted molar refractivity (Wildman–Crippen MR) is 50.0 cm³/mol. The fourth-order valence-corrected chi connectivity index (χ4v) is 1.93. The van der Waals surface area contributed by atoms with Gasteiger partial charge in [0.15, 0.2) is 0 Å². The van der Waals surface area contributed by atoms with Gasteiger partial charge in [0.1, 0.15) is 0 Å². The second-order valence-corrected chi connectivity index (χ2v) is 4.63. The number of alkyl halides is 2. The second-order valence-electron chi connectivity index (χ2n) is 4.63. The molecule has 3 heteroatoms. The van der Waals surface area contributed by atoms with Gasteiger partial charge in [0.05, 0.1) is 6.54 Å². The Morgan fingerprint density at radius 1 is 1.23 bits per heavy atom. The van der Waals surface area contributed by atoms with E-state index in [2.05, 4.69) is 0 Å². The van der Waals surface area contributed by atoms with Crippen LogP contribution in [-0.4, -0.2) is 30.0 Å². The number of hydrogen-bond donors (Lipinski definition) is 0. The molecule has 0 spiro atoms. The van der Waals surface area contributed by atoms with Gasteiger partial charge in [0.2, 0.25) is 0 Å². The summed E-state index contributed by atoms with van der Waals surface area (Å²) in [7, 11) is 0. The van der Waals surface area contributed by atoms with E-state index in [0.29, 0.717) is 6.54 Å². The standard InChI is InChI=1S/C10H19F2N/c1-7(2)9-5-13(8(3)4)6-10(9,11)12/h7-9H,5-6H2,1-4H3. The third-order valence-corrected chi connectivity index (χ3v) is 2.92. The predicted octanol–water partition coefficient (Wildman–Crippen LogP) is 2.62. The van der Waals surface area contributed by atoms with E-state index in [4.69, 9.17) is 0 Å². The molecule has 13 heavy (non-hydrogen) atoms. The highest BCUT2D eigenvalue weighted by Crippen LogP contribution is 2.38. The van der Waals surface area contributed by atoms with E-state index in [0.717, 1.165) is 0 Å². The minimum absolute atomic E-state index is 0.0620. The molecule has 0 N–H and O–H groups in total. The molecule has 1 aliphatic heterocycles. The first kappa shape index (κ1) is 10.9. The van der Waals surface area contributed by atoms with Crippen molar-refractivity contribution in [3.8, 4) is 0 Å². The van der Waals surface area contributed by atoms with E-state index in [1.54, 1.807) is 0 Å². The van der Waals surface area contributed by atoms with Crippen molar-refractivity contribution in [2.75, 3.05) is 13.1 Å². The van der Waals surface area contributed by atoms with Crippen LogP contribution < -0.4 is 0 Å². The summed E-state index contributed by atoms with van der Waals surface area (Å²) in [4.78, 5) is 1.87. The van der Waals surface area contributed by atoms with E-state index in [-0.39, 0.29) is 18.5 Å². The Morgan fingerprint density at radius 2 is 1.77 bits per heavy atom. The molecule has 0 bridgehead atoms. The minimum atomic E-state index is -2.49. The van der Waals surface area contributed by atoms with Crippen LogP contribution in [0.1, 0.15) is 27.7 Å². The largest absolute Gasteiger partial charge is 0.295 e. The van der Waals surface area contributed by atoms with Gasteiger partial charge in [0, 0.05) is 18.5 Å². The van der Waals surface area contributed by atoms with Gasteiger partial charge in [-0.15, -0.1) is 0 Å². The molecule has 0 aromatic carbocycles. The number of halogens is 2. The van der Waals surface area contributed by atoms with Crippen LogP contribution in [0.5, 0.6) is 0 Å². The van der Waals surface area contributed by atoms with Gasteiger partial charge in [-0.2, -0.15) is 0 Å². The zero-order valence-corrected chi connectivity index (χ0v) is 8.85. The van der Waals surface area contributed by atoms with Crippen LogP contribution in [0.2, 0.25) is 0 Å². The Hall–Kier alpha value is -0.180. The maximum absolute atomic E-state index is 13.4. The van der Waals surface area contributed by atoms with Crippen LogP contribution in [0.15, 0.2) is 0 Å². The van der Waals surface area contributed by atoms with Gasteiger partial charge in [-0.1, -0.05) is 13.8 Å². The summed E-state index contributed by atoms with van der Waals surface area (Å²) in [6.45, 7) is 8.18. The molecule has 1 unspecified atom stereocenters. The molecule has 0 amide bonds. The van der Waals surface area contributed by atoms with E-state index in [1.165, 1.54) is 0 Å². The summed E-state index contributed by atoms with van der Waals surface area (Å²) in [6.07, 6.45) is 0. The molecule has 0 aliphatic carbocycles. The third kappa shape index (κ3) is 2.19. The van der Waals surface area contributed by atoms with Crippen molar-refractivity contribution in [3.63, 3.8) is 0 Å². The van der Waals surface area contributed by atoms with Crippen LogP contribution in [0.3, 0.4) is 0 Å². The minimum Gasteiger partial charge on any atom is -0.295 e. The van der Waals surface area contributed by atoms with Crippen molar-refractivity contribution >= 4 is 0 Å². The third-order valence-electron chi connectivity index (χ3n) is 2.92. The molecule has 1 saturated heterocycles. The highest BCUT2D eigenvalue weighted by molar-refractivity contribution is 4.92. The van der Waals surface area contributed by atoms with Crippen molar-refractivity contribution in [2.45, 2.75) is 39.7 Å². The Balaban J connectivity index is 2.68. The number of rotatable bonds is 2. The lowest BCUT2D eigenvalue weighted by Crippen LogP contribution is -2.31. The SMILES string of the molecule is CC(C)C1CN(C(C)C)CC1(F)F. The molecule has 1 aliphatic rings. The van der Waals surface area contributed by atoms with E-state index < -0.39 is 11.8 Å². The van der Waals surface area contributed by atoms with Crippen LogP contribution in [0, 0.1) is 11.8 Å². The monoisotopic (exact) mass is 191 g/mol. The van der Waals surface area contributed by atoms with Crippen LogP contribution in [0.4, 0.5) is 8.78 Å². The summed E-state index contributed by atoms with van der Waals surface area (Å²) in [5, 5.41) is 0. The lowest BCUT2D eigenvalue weighted by atomic mass is 9.92. The highest BCUT2D eigenvalue weighted by atomic mass is 19.3. The van der Waals surface area contributed by atoms with Crippen molar-refractivity contribution in [3.05, 3.63) is 0 Å². The molecule has 0 radical (unpaired) electrons. The fourth-order valence-electron chi connectivity index (χ4n) is 1.93. The summed E-state index contributed by atoms with van der Waals surface area (Å²) in [5.41, 5.74) is 0. The molecule has 78 valence electrons. The zero-order chi connectivity index (χ0) is 10.2. The summed E-state index contributed by atoms with van der Waals surface area (Å²) in [6, 6.07) is 0.231. The van der Waals surface area contributed by atoms with Crippen molar-refractivity contribution < 1.29 is 8.78 Å². The van der Waals surface area contributed by atoms with E-state index in [9.17, 15) is 8.78 Å². The molecular formula is C10H19F2N. The summed E-state index contributed by atoms with van der Waals surface area (Å²) in [5.74, 6) is -2.88. The number of likely N-dealkylation sites (tertiary alicyclic amines) is 1. The molecule has 1 heterocycles. The molecule has 1 fully saturated rings. The Labute approximate surface area is 79.1 Å². The van der Waals surface area contributed by atoms with Gasteiger partial charge < -0.3 is 0 Å². The molecule has 1 nitrogen and oxygen atoms in total. The normalized spacial score (nSPS) is 29.1. The first-order chi connectivity index (χ1) is 5.84. The first-order valence-corrected chi connectivity index (χ1v) is 4.96. The van der Waals surface area contributed by atoms with Gasteiger partial charge >= 0.3 is 0 Å². The Morgan fingerprint density at radius 3 is 2.00 bits per heavy atom. The first-order valence-electron chi connectivity index (χ1n) is 4.96. The van der Waals surface area contributed by atoms with Crippen molar-refractivity contribution in [1.82, 2.24) is 4.90 Å². The van der Waals surface area contributed by atoms with Gasteiger partial charge in [-0.3, -0.25) is 4.90 Å². The van der Waals surface area contributed by atoms with Crippen molar-refractivity contribution in [1.29, 1.82) is 0 Å². The van der Waals surface area contributed by atoms with Gasteiger partial charge in [0.25, 0.3) is 5.92 Å². The number of hydrogen-bond acceptors (Lipinski definition) is 1. The maximum atomic E-state index is 13.4. The molecule has 0 aromatic heterocycles. The zero-order valence-electron chi connectivity index (χ0n) is 8.85. The van der Waals surface area contributed by atoms with Gasteiger partial charge in [-0.25, -0.2) is 8.78 Å². The molecule has 0 aromatic rings. The topological polar surface area (TPSA) is 3.24 Å². The average molecular weight is 191 g/mol. The van der Waals surface area contributed by atoms with Crippen LogP contribution in [-0.2, 0) is 0 Å². The van der Waals surface area contributed by atoms with Crippen LogP contribution >= 0.6 is 0 Å². The second kappa shape index (κ2) is 3.52. The lowest BCUT2D eigenvalue weighted by molar-refractivity contribution is -0.0422. The summed E-state index contributed by atoms with van der Waals surface area (Å²) >= 11 is 0. The Bertz CT molecular complexity index is 178. The molecule has 1 rings (SSSR count).